The molecule has 5 nitrogen and oxygen atoms in total. The lowest BCUT2D eigenvalue weighted by molar-refractivity contribution is -0.190. The molecule has 0 radical (unpaired) electrons. The molecule has 0 spiro atoms. The van der Waals surface area contributed by atoms with Crippen molar-refractivity contribution >= 4 is 5.97 Å². The normalized spacial score (nSPS) is 38.7. The van der Waals surface area contributed by atoms with Crippen LogP contribution in [0.15, 0.2) is 0 Å². The number of carbonyl (C=O) groups is 1. The molecule has 98 valence electrons. The van der Waals surface area contributed by atoms with E-state index in [1.807, 2.05) is 6.92 Å². The van der Waals surface area contributed by atoms with Gasteiger partial charge in [0.1, 0.15) is 0 Å². The molecular weight excluding hydrogens is 222 g/mol. The number of hydrogen-bond donors (Lipinski definition) is 1. The molecule has 2 rings (SSSR count). The summed E-state index contributed by atoms with van der Waals surface area (Å²) in [4.78, 5) is 12.8. The molecule has 1 N–H and O–H groups in total. The molecule has 2 heterocycles. The summed E-state index contributed by atoms with van der Waals surface area (Å²) in [7, 11) is 2.08. The fourth-order valence-electron chi connectivity index (χ4n) is 2.83. The van der Waals surface area contributed by atoms with Crippen LogP contribution < -0.4 is 0 Å². The molecule has 3 unspecified atom stereocenters. The van der Waals surface area contributed by atoms with Crippen molar-refractivity contribution < 1.29 is 19.4 Å². The lowest BCUT2D eigenvalue weighted by Crippen LogP contribution is -2.47. The van der Waals surface area contributed by atoms with Gasteiger partial charge in [-0.15, -0.1) is 0 Å². The minimum absolute atomic E-state index is 0.0786. The van der Waals surface area contributed by atoms with E-state index in [0.717, 1.165) is 13.0 Å². The summed E-state index contributed by atoms with van der Waals surface area (Å²) >= 11 is 0. The summed E-state index contributed by atoms with van der Waals surface area (Å²) in [6, 6.07) is 0.289. The quantitative estimate of drug-likeness (QED) is 0.800. The molecule has 0 aromatic heterocycles. The molecular formula is C12H21NO4. The topological polar surface area (TPSA) is 59.0 Å². The predicted octanol–water partition coefficient (Wildman–Crippen LogP) is 1.08. The maximum atomic E-state index is 10.5. The van der Waals surface area contributed by atoms with E-state index >= 15 is 0 Å². The standard InChI is InChI=1S/C12H21NO4/c1-12(10-4-3-7-13(10)2)16-8-9(17-12)5-6-11(14)15/h9-10H,3-8H2,1-2H3,(H,14,15). The van der Waals surface area contributed by atoms with Crippen LogP contribution in [0, 0.1) is 0 Å². The lowest BCUT2D eigenvalue weighted by Gasteiger charge is -2.34. The zero-order valence-electron chi connectivity index (χ0n) is 10.5. The van der Waals surface area contributed by atoms with Crippen LogP contribution in [0.25, 0.3) is 0 Å². The Morgan fingerprint density at radius 1 is 1.59 bits per heavy atom. The van der Waals surface area contributed by atoms with Crippen LogP contribution in [-0.2, 0) is 14.3 Å². The second-order valence-corrected chi connectivity index (χ2v) is 5.14. The van der Waals surface area contributed by atoms with Gasteiger partial charge < -0.3 is 14.6 Å². The zero-order chi connectivity index (χ0) is 12.5. The van der Waals surface area contributed by atoms with Crippen LogP contribution in [-0.4, -0.2) is 54.1 Å². The first-order valence-electron chi connectivity index (χ1n) is 6.25. The first-order valence-corrected chi connectivity index (χ1v) is 6.25. The fourth-order valence-corrected chi connectivity index (χ4v) is 2.83. The van der Waals surface area contributed by atoms with E-state index in [1.165, 1.54) is 6.42 Å². The van der Waals surface area contributed by atoms with Crippen molar-refractivity contribution in [2.24, 2.45) is 0 Å². The molecule has 5 heteroatoms. The van der Waals surface area contributed by atoms with E-state index in [4.69, 9.17) is 14.6 Å². The van der Waals surface area contributed by atoms with Gasteiger partial charge in [-0.1, -0.05) is 0 Å². The molecule has 0 aromatic rings. The van der Waals surface area contributed by atoms with Gasteiger partial charge in [0.2, 0.25) is 0 Å². The van der Waals surface area contributed by atoms with Crippen molar-refractivity contribution in [3.63, 3.8) is 0 Å². The van der Waals surface area contributed by atoms with Crippen LogP contribution in [0.5, 0.6) is 0 Å². The first-order chi connectivity index (χ1) is 8.01. The number of carboxylic acid groups (broad SMARTS) is 1. The second-order valence-electron chi connectivity index (χ2n) is 5.14. The van der Waals surface area contributed by atoms with Gasteiger partial charge in [0.25, 0.3) is 0 Å². The average molecular weight is 243 g/mol. The number of ether oxygens (including phenoxy) is 2. The number of aliphatic carboxylic acids is 1. The van der Waals surface area contributed by atoms with Gasteiger partial charge >= 0.3 is 5.97 Å². The van der Waals surface area contributed by atoms with Gasteiger partial charge in [0.15, 0.2) is 5.79 Å². The first kappa shape index (κ1) is 12.8. The third kappa shape index (κ3) is 2.78. The van der Waals surface area contributed by atoms with Crippen molar-refractivity contribution in [1.29, 1.82) is 0 Å². The van der Waals surface area contributed by atoms with E-state index in [0.29, 0.717) is 13.0 Å². The third-order valence-electron chi connectivity index (χ3n) is 3.76. The van der Waals surface area contributed by atoms with E-state index in [1.54, 1.807) is 0 Å². The van der Waals surface area contributed by atoms with Crippen molar-refractivity contribution in [2.75, 3.05) is 20.2 Å². The Labute approximate surface area is 102 Å². The largest absolute Gasteiger partial charge is 0.481 e. The van der Waals surface area contributed by atoms with E-state index in [2.05, 4.69) is 11.9 Å². The van der Waals surface area contributed by atoms with Crippen LogP contribution in [0.3, 0.4) is 0 Å². The van der Waals surface area contributed by atoms with Crippen LogP contribution >= 0.6 is 0 Å². The number of likely N-dealkylation sites (tertiary alicyclic amines) is 1. The van der Waals surface area contributed by atoms with Crippen molar-refractivity contribution in [3.8, 4) is 0 Å². The van der Waals surface area contributed by atoms with Gasteiger partial charge in [0.05, 0.1) is 18.8 Å². The summed E-state index contributed by atoms with van der Waals surface area (Å²) in [6.07, 6.45) is 2.85. The van der Waals surface area contributed by atoms with Crippen molar-refractivity contribution in [2.45, 2.75) is 50.5 Å². The van der Waals surface area contributed by atoms with Crippen LogP contribution in [0.4, 0.5) is 0 Å². The Bertz CT molecular complexity index is 296. The smallest absolute Gasteiger partial charge is 0.303 e. The third-order valence-corrected chi connectivity index (χ3v) is 3.76. The number of nitrogens with zero attached hydrogens (tertiary/aromatic N) is 1. The highest BCUT2D eigenvalue weighted by Gasteiger charge is 2.46. The minimum Gasteiger partial charge on any atom is -0.481 e. The van der Waals surface area contributed by atoms with E-state index in [-0.39, 0.29) is 18.6 Å². The van der Waals surface area contributed by atoms with Gasteiger partial charge in [-0.25, -0.2) is 0 Å². The average Bonchev–Trinajstić information content (AvgIpc) is 2.83. The van der Waals surface area contributed by atoms with Gasteiger partial charge in [-0.05, 0) is 39.8 Å². The highest BCUT2D eigenvalue weighted by Crippen LogP contribution is 2.35. The second kappa shape index (κ2) is 4.92. The number of carboxylic acids is 1. The maximum absolute atomic E-state index is 10.5. The molecule has 0 saturated carbocycles. The minimum atomic E-state index is -0.778. The fraction of sp³-hybridized carbons (Fsp3) is 0.917. The highest BCUT2D eigenvalue weighted by atomic mass is 16.7. The van der Waals surface area contributed by atoms with Crippen molar-refractivity contribution in [1.82, 2.24) is 4.90 Å². The van der Waals surface area contributed by atoms with Crippen LogP contribution in [0.2, 0.25) is 0 Å². The van der Waals surface area contributed by atoms with Gasteiger partial charge in [-0.3, -0.25) is 9.69 Å². The molecule has 3 atom stereocenters. The molecule has 2 aliphatic rings. The molecule has 0 amide bonds. The number of likely N-dealkylation sites (N-methyl/N-ethyl adjacent to an activating group) is 1. The van der Waals surface area contributed by atoms with Crippen LogP contribution in [0.1, 0.15) is 32.6 Å². The Morgan fingerprint density at radius 3 is 2.94 bits per heavy atom. The highest BCUT2D eigenvalue weighted by molar-refractivity contribution is 5.66. The summed E-state index contributed by atoms with van der Waals surface area (Å²) < 4.78 is 11.7. The number of rotatable bonds is 4. The summed E-state index contributed by atoms with van der Waals surface area (Å²) in [5.74, 6) is -1.34. The monoisotopic (exact) mass is 243 g/mol. The van der Waals surface area contributed by atoms with Crippen molar-refractivity contribution in [3.05, 3.63) is 0 Å². The number of hydrogen-bond acceptors (Lipinski definition) is 4. The maximum Gasteiger partial charge on any atom is 0.303 e. The molecule has 2 saturated heterocycles. The predicted molar refractivity (Wildman–Crippen MR) is 61.8 cm³/mol. The molecule has 17 heavy (non-hydrogen) atoms. The van der Waals surface area contributed by atoms with E-state index in [9.17, 15) is 4.79 Å². The molecule has 2 fully saturated rings. The summed E-state index contributed by atoms with van der Waals surface area (Å²) in [5, 5.41) is 8.65. The Hall–Kier alpha value is -0.650. The van der Waals surface area contributed by atoms with E-state index < -0.39 is 11.8 Å². The summed E-state index contributed by atoms with van der Waals surface area (Å²) in [5.41, 5.74) is 0. The van der Waals surface area contributed by atoms with Gasteiger partial charge in [-0.2, -0.15) is 0 Å². The Morgan fingerprint density at radius 2 is 2.35 bits per heavy atom. The molecule has 0 aliphatic carbocycles. The van der Waals surface area contributed by atoms with Gasteiger partial charge in [0, 0.05) is 6.42 Å². The Kier molecular flexibility index (Phi) is 3.70. The Balaban J connectivity index is 1.89. The molecule has 0 aromatic carbocycles. The lowest BCUT2D eigenvalue weighted by atomic mass is 10.1. The molecule has 2 aliphatic heterocycles. The zero-order valence-corrected chi connectivity index (χ0v) is 10.5. The molecule has 0 bridgehead atoms. The summed E-state index contributed by atoms with van der Waals surface area (Å²) in [6.45, 7) is 3.56. The SMILES string of the molecule is CN1CCCC1C1(C)OCC(CCC(=O)O)O1.